The third kappa shape index (κ3) is 1.49. The minimum absolute atomic E-state index is 0.119. The molecule has 0 aromatic rings. The SMILES string of the molecule is CN1C(=O)CC(NC2=NCCC2)C1=O. The van der Waals surface area contributed by atoms with Gasteiger partial charge in [-0.3, -0.25) is 19.5 Å². The first kappa shape index (κ1) is 9.18. The van der Waals surface area contributed by atoms with Crippen molar-refractivity contribution in [2.45, 2.75) is 25.3 Å². The van der Waals surface area contributed by atoms with Crippen LogP contribution in [-0.4, -0.2) is 42.2 Å². The molecule has 0 saturated carbocycles. The van der Waals surface area contributed by atoms with Gasteiger partial charge >= 0.3 is 0 Å². The lowest BCUT2D eigenvalue weighted by atomic mass is 10.2. The van der Waals surface area contributed by atoms with Gasteiger partial charge in [0.25, 0.3) is 5.91 Å². The molecule has 0 spiro atoms. The van der Waals surface area contributed by atoms with Crippen molar-refractivity contribution in [3.05, 3.63) is 0 Å². The van der Waals surface area contributed by atoms with Crippen molar-refractivity contribution in [2.75, 3.05) is 13.6 Å². The van der Waals surface area contributed by atoms with Crippen LogP contribution in [0.2, 0.25) is 0 Å². The summed E-state index contributed by atoms with van der Waals surface area (Å²) in [5, 5.41) is 3.03. The molecule has 0 aromatic heterocycles. The molecule has 1 fully saturated rings. The van der Waals surface area contributed by atoms with Crippen molar-refractivity contribution < 1.29 is 9.59 Å². The molecule has 0 aliphatic carbocycles. The van der Waals surface area contributed by atoms with Crippen LogP contribution >= 0.6 is 0 Å². The van der Waals surface area contributed by atoms with E-state index in [1.54, 1.807) is 0 Å². The standard InChI is InChI=1S/C9H13N3O2/c1-12-8(13)5-6(9(12)14)11-7-3-2-4-10-7/h6H,2-5H2,1H3,(H,10,11). The number of carbonyl (C=O) groups is 2. The number of likely N-dealkylation sites (N-methyl/N-ethyl adjacent to an activating group) is 1. The van der Waals surface area contributed by atoms with Crippen molar-refractivity contribution in [1.29, 1.82) is 0 Å². The van der Waals surface area contributed by atoms with E-state index in [9.17, 15) is 9.59 Å². The lowest BCUT2D eigenvalue weighted by Gasteiger charge is -2.11. The van der Waals surface area contributed by atoms with E-state index >= 15 is 0 Å². The van der Waals surface area contributed by atoms with Crippen LogP contribution in [0.15, 0.2) is 4.99 Å². The number of nitrogens with one attached hydrogen (secondary N) is 1. The summed E-state index contributed by atoms with van der Waals surface area (Å²) in [6.07, 6.45) is 2.18. The largest absolute Gasteiger partial charge is 0.362 e. The van der Waals surface area contributed by atoms with Gasteiger partial charge in [-0.25, -0.2) is 0 Å². The average Bonchev–Trinajstić information content (AvgIpc) is 2.73. The van der Waals surface area contributed by atoms with E-state index in [4.69, 9.17) is 0 Å². The predicted molar refractivity (Wildman–Crippen MR) is 50.9 cm³/mol. The summed E-state index contributed by atoms with van der Waals surface area (Å²) in [6, 6.07) is -0.385. The average molecular weight is 195 g/mol. The van der Waals surface area contributed by atoms with Gasteiger partial charge in [0.2, 0.25) is 5.91 Å². The lowest BCUT2D eigenvalue weighted by Crippen LogP contribution is -2.40. The highest BCUT2D eigenvalue weighted by Gasteiger charge is 2.36. The van der Waals surface area contributed by atoms with Crippen molar-refractivity contribution >= 4 is 17.6 Å². The first-order valence-corrected chi connectivity index (χ1v) is 4.79. The van der Waals surface area contributed by atoms with Crippen LogP contribution in [0.1, 0.15) is 19.3 Å². The Morgan fingerprint density at radius 1 is 1.50 bits per heavy atom. The smallest absolute Gasteiger partial charge is 0.251 e. The molecule has 2 amide bonds. The predicted octanol–water partition coefficient (Wildman–Crippen LogP) is -0.474. The summed E-state index contributed by atoms with van der Waals surface area (Å²) >= 11 is 0. The van der Waals surface area contributed by atoms with Gasteiger partial charge in [0, 0.05) is 20.0 Å². The molecule has 1 atom stereocenters. The number of imide groups is 1. The molecule has 5 heteroatoms. The number of amides is 2. The topological polar surface area (TPSA) is 61.8 Å². The number of aliphatic imine (C=N–C) groups is 1. The Labute approximate surface area is 82.2 Å². The monoisotopic (exact) mass is 195 g/mol. The molecule has 0 radical (unpaired) electrons. The molecule has 1 N–H and O–H groups in total. The highest BCUT2D eigenvalue weighted by Crippen LogP contribution is 2.12. The van der Waals surface area contributed by atoms with Crippen LogP contribution in [0.25, 0.3) is 0 Å². The highest BCUT2D eigenvalue weighted by molar-refractivity contribution is 6.06. The zero-order valence-electron chi connectivity index (χ0n) is 8.12. The molecule has 14 heavy (non-hydrogen) atoms. The van der Waals surface area contributed by atoms with E-state index in [2.05, 4.69) is 10.3 Å². The van der Waals surface area contributed by atoms with Crippen LogP contribution in [-0.2, 0) is 9.59 Å². The summed E-state index contributed by atoms with van der Waals surface area (Å²) in [7, 11) is 1.52. The number of likely N-dealkylation sites (tertiary alicyclic amines) is 1. The minimum Gasteiger partial charge on any atom is -0.362 e. The maximum absolute atomic E-state index is 11.5. The Morgan fingerprint density at radius 3 is 2.79 bits per heavy atom. The molecule has 0 aromatic carbocycles. The van der Waals surface area contributed by atoms with E-state index in [1.165, 1.54) is 11.9 Å². The molecular formula is C9H13N3O2. The normalized spacial score (nSPS) is 27.1. The Morgan fingerprint density at radius 2 is 2.29 bits per heavy atom. The van der Waals surface area contributed by atoms with E-state index in [0.29, 0.717) is 0 Å². The van der Waals surface area contributed by atoms with Crippen LogP contribution in [0.4, 0.5) is 0 Å². The number of carbonyl (C=O) groups excluding carboxylic acids is 2. The fourth-order valence-corrected chi connectivity index (χ4v) is 1.73. The molecule has 2 rings (SSSR count). The molecule has 5 nitrogen and oxygen atoms in total. The summed E-state index contributed by atoms with van der Waals surface area (Å²) in [5.74, 6) is 0.599. The minimum atomic E-state index is -0.385. The Bertz CT molecular complexity index is 311. The highest BCUT2D eigenvalue weighted by atomic mass is 16.2. The van der Waals surface area contributed by atoms with Crippen LogP contribution in [0, 0.1) is 0 Å². The number of amidine groups is 1. The summed E-state index contributed by atoms with van der Waals surface area (Å²) < 4.78 is 0. The van der Waals surface area contributed by atoms with Crippen molar-refractivity contribution in [3.63, 3.8) is 0 Å². The lowest BCUT2D eigenvalue weighted by molar-refractivity contribution is -0.137. The molecule has 2 heterocycles. The zero-order chi connectivity index (χ0) is 10.1. The Kier molecular flexibility index (Phi) is 2.23. The van der Waals surface area contributed by atoms with Gasteiger partial charge in [-0.15, -0.1) is 0 Å². The van der Waals surface area contributed by atoms with Gasteiger partial charge in [-0.05, 0) is 6.42 Å². The fraction of sp³-hybridized carbons (Fsp3) is 0.667. The third-order valence-corrected chi connectivity index (χ3v) is 2.60. The van der Waals surface area contributed by atoms with Crippen molar-refractivity contribution in [2.24, 2.45) is 4.99 Å². The summed E-state index contributed by atoms with van der Waals surface area (Å²) in [4.78, 5) is 28.1. The Hall–Kier alpha value is -1.39. The molecule has 1 unspecified atom stereocenters. The van der Waals surface area contributed by atoms with Gasteiger partial charge in [0.1, 0.15) is 6.04 Å². The molecule has 0 bridgehead atoms. The molecular weight excluding hydrogens is 182 g/mol. The summed E-state index contributed by atoms with van der Waals surface area (Å²) in [5.41, 5.74) is 0. The molecule has 2 aliphatic rings. The van der Waals surface area contributed by atoms with E-state index in [1.807, 2.05) is 0 Å². The summed E-state index contributed by atoms with van der Waals surface area (Å²) in [6.45, 7) is 0.826. The maximum atomic E-state index is 11.5. The van der Waals surface area contributed by atoms with E-state index < -0.39 is 0 Å². The first-order valence-electron chi connectivity index (χ1n) is 4.79. The second-order valence-electron chi connectivity index (χ2n) is 3.62. The second-order valence-corrected chi connectivity index (χ2v) is 3.62. The number of hydrogen-bond acceptors (Lipinski definition) is 4. The van der Waals surface area contributed by atoms with Crippen LogP contribution in [0.3, 0.4) is 0 Å². The van der Waals surface area contributed by atoms with Gasteiger partial charge in [-0.2, -0.15) is 0 Å². The third-order valence-electron chi connectivity index (χ3n) is 2.60. The van der Waals surface area contributed by atoms with Crippen LogP contribution in [0.5, 0.6) is 0 Å². The fourth-order valence-electron chi connectivity index (χ4n) is 1.73. The van der Waals surface area contributed by atoms with Crippen molar-refractivity contribution in [3.8, 4) is 0 Å². The maximum Gasteiger partial charge on any atom is 0.251 e. The van der Waals surface area contributed by atoms with Gasteiger partial charge in [0.15, 0.2) is 0 Å². The second kappa shape index (κ2) is 3.40. The number of rotatable bonds is 1. The van der Waals surface area contributed by atoms with Crippen molar-refractivity contribution in [1.82, 2.24) is 10.2 Å². The van der Waals surface area contributed by atoms with Gasteiger partial charge < -0.3 is 5.32 Å². The van der Waals surface area contributed by atoms with Gasteiger partial charge in [-0.1, -0.05) is 0 Å². The van der Waals surface area contributed by atoms with Crippen LogP contribution < -0.4 is 5.32 Å². The molecule has 1 saturated heterocycles. The molecule has 2 aliphatic heterocycles. The number of hydrogen-bond donors (Lipinski definition) is 1. The number of nitrogens with zero attached hydrogens (tertiary/aromatic N) is 2. The van der Waals surface area contributed by atoms with E-state index in [0.717, 1.165) is 25.2 Å². The van der Waals surface area contributed by atoms with E-state index in [-0.39, 0.29) is 24.3 Å². The zero-order valence-corrected chi connectivity index (χ0v) is 8.12. The van der Waals surface area contributed by atoms with Gasteiger partial charge in [0.05, 0.1) is 12.3 Å². The first-order chi connectivity index (χ1) is 6.68. The molecule has 76 valence electrons. The quantitative estimate of drug-likeness (QED) is 0.575. The Balaban J connectivity index is 1.99.